The van der Waals surface area contributed by atoms with Gasteiger partial charge in [-0.3, -0.25) is 14.9 Å². The summed E-state index contributed by atoms with van der Waals surface area (Å²) in [4.78, 5) is 36.5. The maximum absolute atomic E-state index is 11.9. The lowest BCUT2D eigenvalue weighted by molar-refractivity contribution is -0.136. The largest absolute Gasteiger partial charge is 0.340 e. The summed E-state index contributed by atoms with van der Waals surface area (Å²) >= 11 is 0. The van der Waals surface area contributed by atoms with Crippen molar-refractivity contribution in [3.8, 4) is 12.3 Å². The highest BCUT2D eigenvalue weighted by Crippen LogP contribution is 2.24. The van der Waals surface area contributed by atoms with Gasteiger partial charge in [-0.15, -0.1) is 12.3 Å². The first-order chi connectivity index (χ1) is 8.57. The molecule has 2 heterocycles. The maximum atomic E-state index is 11.9. The highest BCUT2D eigenvalue weighted by atomic mass is 16.2. The van der Waals surface area contributed by atoms with Crippen LogP contribution >= 0.6 is 0 Å². The third-order valence-corrected chi connectivity index (χ3v) is 3.34. The summed E-state index contributed by atoms with van der Waals surface area (Å²) in [5.74, 6) is 2.00. The Balaban J connectivity index is 2.05. The maximum Gasteiger partial charge on any atom is 0.322 e. The quantitative estimate of drug-likeness (QED) is 0.516. The summed E-state index contributed by atoms with van der Waals surface area (Å²) in [7, 11) is 0. The fourth-order valence-electron chi connectivity index (χ4n) is 2.42. The van der Waals surface area contributed by atoms with E-state index in [1.54, 1.807) is 4.90 Å². The lowest BCUT2D eigenvalue weighted by Crippen LogP contribution is -2.59. The van der Waals surface area contributed by atoms with Crippen LogP contribution in [0.2, 0.25) is 0 Å². The van der Waals surface area contributed by atoms with Crippen LogP contribution in [0.15, 0.2) is 0 Å². The summed E-state index contributed by atoms with van der Waals surface area (Å²) in [6, 6.07) is -0.488. The Morgan fingerprint density at radius 1 is 1.50 bits per heavy atom. The minimum absolute atomic E-state index is 0.0685. The Bertz CT molecular complexity index is 440. The van der Waals surface area contributed by atoms with Crippen LogP contribution in [0.1, 0.15) is 25.7 Å². The SMILES string of the molecule is C#CCCC(=O)N1CCCC2(C1)NC(=O)NC2=O. The van der Waals surface area contributed by atoms with Crippen LogP contribution in [0.5, 0.6) is 0 Å². The van der Waals surface area contributed by atoms with Crippen molar-refractivity contribution in [1.82, 2.24) is 15.5 Å². The third-order valence-electron chi connectivity index (χ3n) is 3.34. The van der Waals surface area contributed by atoms with Gasteiger partial charge >= 0.3 is 6.03 Å². The Morgan fingerprint density at radius 3 is 2.89 bits per heavy atom. The van der Waals surface area contributed by atoms with Crippen molar-refractivity contribution in [2.75, 3.05) is 13.1 Å². The van der Waals surface area contributed by atoms with E-state index in [9.17, 15) is 14.4 Å². The van der Waals surface area contributed by atoms with E-state index in [2.05, 4.69) is 16.6 Å². The van der Waals surface area contributed by atoms with Gasteiger partial charge in [-0.2, -0.15) is 0 Å². The van der Waals surface area contributed by atoms with E-state index in [1.807, 2.05) is 0 Å². The number of terminal acetylenes is 1. The summed E-state index contributed by atoms with van der Waals surface area (Å²) in [5, 5.41) is 4.85. The van der Waals surface area contributed by atoms with Gasteiger partial charge < -0.3 is 10.2 Å². The molecule has 2 aliphatic rings. The van der Waals surface area contributed by atoms with E-state index in [0.717, 1.165) is 0 Å². The molecule has 2 saturated heterocycles. The molecule has 0 bridgehead atoms. The van der Waals surface area contributed by atoms with Gasteiger partial charge in [0.05, 0.1) is 6.54 Å². The second kappa shape index (κ2) is 4.69. The topological polar surface area (TPSA) is 78.5 Å². The van der Waals surface area contributed by atoms with Crippen molar-refractivity contribution in [3.05, 3.63) is 0 Å². The second-order valence-electron chi connectivity index (χ2n) is 4.61. The van der Waals surface area contributed by atoms with Crippen LogP contribution in [0, 0.1) is 12.3 Å². The number of carbonyl (C=O) groups is 3. The molecule has 18 heavy (non-hydrogen) atoms. The average Bonchev–Trinajstić information content (AvgIpc) is 2.61. The first kappa shape index (κ1) is 12.4. The molecule has 2 aliphatic heterocycles. The number of carbonyl (C=O) groups excluding carboxylic acids is 3. The number of nitrogens with zero attached hydrogens (tertiary/aromatic N) is 1. The number of urea groups is 1. The van der Waals surface area contributed by atoms with Crippen LogP contribution in [0.3, 0.4) is 0 Å². The Kier molecular flexibility index (Phi) is 3.24. The number of nitrogens with one attached hydrogen (secondary N) is 2. The number of hydrogen-bond acceptors (Lipinski definition) is 3. The second-order valence-corrected chi connectivity index (χ2v) is 4.61. The zero-order chi connectivity index (χ0) is 13.2. The fourth-order valence-corrected chi connectivity index (χ4v) is 2.42. The van der Waals surface area contributed by atoms with Crippen LogP contribution in [0.25, 0.3) is 0 Å². The van der Waals surface area contributed by atoms with Crippen molar-refractivity contribution >= 4 is 17.8 Å². The third kappa shape index (κ3) is 2.16. The van der Waals surface area contributed by atoms with Gasteiger partial charge in [0, 0.05) is 19.4 Å². The lowest BCUT2D eigenvalue weighted by atomic mass is 9.89. The lowest BCUT2D eigenvalue weighted by Gasteiger charge is -2.38. The minimum Gasteiger partial charge on any atom is -0.340 e. The molecule has 0 aromatic heterocycles. The van der Waals surface area contributed by atoms with Crippen molar-refractivity contribution in [3.63, 3.8) is 0 Å². The molecule has 6 nitrogen and oxygen atoms in total. The summed E-state index contributed by atoms with van der Waals surface area (Å²) in [6.45, 7) is 0.836. The van der Waals surface area contributed by atoms with Crippen molar-refractivity contribution in [1.29, 1.82) is 0 Å². The zero-order valence-electron chi connectivity index (χ0n) is 9.99. The van der Waals surface area contributed by atoms with E-state index in [0.29, 0.717) is 25.8 Å². The molecular formula is C12H15N3O3. The molecule has 96 valence electrons. The Labute approximate surface area is 105 Å². The number of piperidine rings is 1. The fraction of sp³-hybridized carbons (Fsp3) is 0.583. The molecule has 2 fully saturated rings. The first-order valence-electron chi connectivity index (χ1n) is 5.92. The molecule has 0 radical (unpaired) electrons. The molecule has 6 heteroatoms. The molecule has 2 rings (SSSR count). The summed E-state index contributed by atoms with van der Waals surface area (Å²) in [5.41, 5.74) is -0.943. The number of imide groups is 1. The number of hydrogen-bond donors (Lipinski definition) is 2. The Morgan fingerprint density at radius 2 is 2.28 bits per heavy atom. The van der Waals surface area contributed by atoms with Gasteiger partial charge in [-0.1, -0.05) is 0 Å². The summed E-state index contributed by atoms with van der Waals surface area (Å²) in [6.07, 6.45) is 7.04. The van der Waals surface area contributed by atoms with E-state index >= 15 is 0 Å². The van der Waals surface area contributed by atoms with Crippen LogP contribution in [0.4, 0.5) is 4.79 Å². The van der Waals surface area contributed by atoms with Gasteiger partial charge in [0.25, 0.3) is 5.91 Å². The molecule has 0 aromatic rings. The first-order valence-corrected chi connectivity index (χ1v) is 5.92. The zero-order valence-corrected chi connectivity index (χ0v) is 9.99. The highest BCUT2D eigenvalue weighted by Gasteiger charge is 2.49. The van der Waals surface area contributed by atoms with Crippen molar-refractivity contribution in [2.45, 2.75) is 31.2 Å². The van der Waals surface area contributed by atoms with Gasteiger partial charge in [0.15, 0.2) is 0 Å². The molecule has 0 aromatic carbocycles. The van der Waals surface area contributed by atoms with Crippen LogP contribution in [-0.2, 0) is 9.59 Å². The van der Waals surface area contributed by atoms with Crippen LogP contribution < -0.4 is 10.6 Å². The number of rotatable bonds is 2. The Hall–Kier alpha value is -2.03. The molecule has 0 aliphatic carbocycles. The monoisotopic (exact) mass is 249 g/mol. The van der Waals surface area contributed by atoms with Crippen molar-refractivity contribution in [2.24, 2.45) is 0 Å². The van der Waals surface area contributed by atoms with Gasteiger partial charge in [-0.05, 0) is 12.8 Å². The molecule has 0 saturated carbocycles. The van der Waals surface area contributed by atoms with E-state index in [-0.39, 0.29) is 24.8 Å². The molecule has 1 atom stereocenters. The molecule has 4 amide bonds. The normalized spacial score (nSPS) is 26.7. The number of likely N-dealkylation sites (tertiary alicyclic amines) is 1. The van der Waals surface area contributed by atoms with Gasteiger partial charge in [-0.25, -0.2) is 4.79 Å². The van der Waals surface area contributed by atoms with E-state index in [1.165, 1.54) is 0 Å². The smallest absolute Gasteiger partial charge is 0.322 e. The highest BCUT2D eigenvalue weighted by molar-refractivity contribution is 6.07. The molecule has 1 spiro atoms. The summed E-state index contributed by atoms with van der Waals surface area (Å²) < 4.78 is 0. The van der Waals surface area contributed by atoms with Gasteiger partial charge in [0.2, 0.25) is 5.91 Å². The number of amides is 4. The average molecular weight is 249 g/mol. The molecular weight excluding hydrogens is 234 g/mol. The molecule has 2 N–H and O–H groups in total. The van der Waals surface area contributed by atoms with Gasteiger partial charge in [0.1, 0.15) is 5.54 Å². The van der Waals surface area contributed by atoms with E-state index < -0.39 is 11.6 Å². The predicted octanol–water partition coefficient (Wildman–Crippen LogP) is -0.400. The predicted molar refractivity (Wildman–Crippen MR) is 63.3 cm³/mol. The molecule has 1 unspecified atom stereocenters. The van der Waals surface area contributed by atoms with Crippen LogP contribution in [-0.4, -0.2) is 41.4 Å². The minimum atomic E-state index is -0.943. The standard InChI is InChI=1S/C12H15N3O3/c1-2-3-5-9(16)15-7-4-6-12(8-15)10(17)13-11(18)14-12/h1H,3-8H2,(H2,13,14,17,18). The van der Waals surface area contributed by atoms with Crippen molar-refractivity contribution < 1.29 is 14.4 Å². The van der Waals surface area contributed by atoms with E-state index in [4.69, 9.17) is 6.42 Å².